The van der Waals surface area contributed by atoms with Crippen molar-refractivity contribution in [2.45, 2.75) is 93.8 Å². The first kappa shape index (κ1) is 32.0. The molecular formula is C43H50O4. The molecule has 0 radical (unpaired) electrons. The minimum absolute atomic E-state index is 0.0105. The largest absolute Gasteiger partial charge is 0.491 e. The van der Waals surface area contributed by atoms with Gasteiger partial charge in [0.1, 0.15) is 24.7 Å². The molecule has 1 unspecified atom stereocenters. The number of rotatable bonds is 11. The standard InChI is InChI=1S/C43H50O4/c44-24-26-46-41-22-20-34(28-37(41)31-12-4-1-5-13-31)43(30-39(33-16-8-3-9-17-33)36-18-10-11-19-40(36)43)35-21-23-42(47-27-25-45)38(29-35)32-14-6-2-7-15-32/h3,8-11,16-23,28-29,31-32,39,44-45H,1-2,4-7,12-15,24-27,30H2. The molecule has 4 nitrogen and oxygen atoms in total. The first-order valence-corrected chi connectivity index (χ1v) is 18.1. The number of aliphatic hydroxyl groups is 2. The fourth-order valence-corrected chi connectivity index (χ4v) is 9.08. The second-order valence-electron chi connectivity index (χ2n) is 14.0. The molecule has 0 bridgehead atoms. The van der Waals surface area contributed by atoms with Crippen molar-refractivity contribution in [1.29, 1.82) is 0 Å². The van der Waals surface area contributed by atoms with Crippen LogP contribution in [-0.2, 0) is 5.41 Å². The Kier molecular flexibility index (Phi) is 9.97. The number of ether oxygens (including phenoxy) is 2. The SMILES string of the molecule is OCCOc1ccc(C2(c3ccc(OCCO)c(C4CCCCC4)c3)CC(c3ccccc3)c3ccccc32)cc1C1CCCCC1. The van der Waals surface area contributed by atoms with E-state index in [1.54, 1.807) is 0 Å². The fourth-order valence-electron chi connectivity index (χ4n) is 9.08. The van der Waals surface area contributed by atoms with Gasteiger partial charge in [0.2, 0.25) is 0 Å². The van der Waals surface area contributed by atoms with Crippen LogP contribution >= 0.6 is 0 Å². The highest BCUT2D eigenvalue weighted by Gasteiger charge is 2.47. The van der Waals surface area contributed by atoms with E-state index in [0.29, 0.717) is 25.0 Å². The van der Waals surface area contributed by atoms with Gasteiger partial charge in [-0.05, 0) is 95.0 Å². The monoisotopic (exact) mass is 630 g/mol. The van der Waals surface area contributed by atoms with E-state index in [1.807, 2.05) is 0 Å². The number of hydrogen-bond donors (Lipinski definition) is 2. The third-order valence-electron chi connectivity index (χ3n) is 11.3. The van der Waals surface area contributed by atoms with E-state index in [4.69, 9.17) is 9.47 Å². The Morgan fingerprint density at radius 3 is 1.60 bits per heavy atom. The smallest absolute Gasteiger partial charge is 0.122 e. The van der Waals surface area contributed by atoms with Gasteiger partial charge in [0.15, 0.2) is 0 Å². The van der Waals surface area contributed by atoms with Gasteiger partial charge in [0, 0.05) is 11.3 Å². The van der Waals surface area contributed by atoms with Crippen molar-refractivity contribution in [1.82, 2.24) is 0 Å². The van der Waals surface area contributed by atoms with Gasteiger partial charge in [-0.2, -0.15) is 0 Å². The predicted molar refractivity (Wildman–Crippen MR) is 189 cm³/mol. The van der Waals surface area contributed by atoms with Crippen molar-refractivity contribution in [3.05, 3.63) is 130 Å². The zero-order chi connectivity index (χ0) is 32.1. The highest BCUT2D eigenvalue weighted by atomic mass is 16.5. The third-order valence-corrected chi connectivity index (χ3v) is 11.3. The molecule has 47 heavy (non-hydrogen) atoms. The molecule has 7 rings (SSSR count). The van der Waals surface area contributed by atoms with Crippen LogP contribution in [0.5, 0.6) is 11.5 Å². The van der Waals surface area contributed by atoms with Crippen molar-refractivity contribution in [2.24, 2.45) is 0 Å². The van der Waals surface area contributed by atoms with Crippen molar-refractivity contribution in [2.75, 3.05) is 26.4 Å². The fraction of sp³-hybridized carbons (Fsp3) is 0.442. The van der Waals surface area contributed by atoms with Crippen molar-refractivity contribution < 1.29 is 19.7 Å². The molecule has 0 aromatic heterocycles. The van der Waals surface area contributed by atoms with Crippen LogP contribution in [0, 0.1) is 0 Å². The summed E-state index contributed by atoms with van der Waals surface area (Å²) in [5, 5.41) is 19.3. The lowest BCUT2D eigenvalue weighted by molar-refractivity contribution is 0.199. The third kappa shape index (κ3) is 6.35. The molecule has 246 valence electrons. The van der Waals surface area contributed by atoms with E-state index < -0.39 is 0 Å². The lowest BCUT2D eigenvalue weighted by atomic mass is 9.67. The number of hydrogen-bond acceptors (Lipinski definition) is 4. The molecule has 0 spiro atoms. The van der Waals surface area contributed by atoms with E-state index in [2.05, 4.69) is 91.0 Å². The first-order chi connectivity index (χ1) is 23.2. The van der Waals surface area contributed by atoms with Gasteiger partial charge in [-0.1, -0.05) is 117 Å². The average molecular weight is 631 g/mol. The number of aliphatic hydroxyl groups excluding tert-OH is 2. The van der Waals surface area contributed by atoms with E-state index in [-0.39, 0.29) is 24.5 Å². The second-order valence-corrected chi connectivity index (χ2v) is 14.0. The van der Waals surface area contributed by atoms with Gasteiger partial charge in [-0.3, -0.25) is 0 Å². The van der Waals surface area contributed by atoms with Gasteiger partial charge in [0.25, 0.3) is 0 Å². The minimum atomic E-state index is -0.366. The summed E-state index contributed by atoms with van der Waals surface area (Å²) >= 11 is 0. The Labute approximate surface area is 280 Å². The number of benzene rings is 4. The van der Waals surface area contributed by atoms with Crippen molar-refractivity contribution in [3.8, 4) is 11.5 Å². The molecule has 4 heteroatoms. The van der Waals surface area contributed by atoms with Crippen LogP contribution < -0.4 is 9.47 Å². The summed E-state index contributed by atoms with van der Waals surface area (Å²) in [6, 6.07) is 34.1. The molecule has 2 N–H and O–H groups in total. The zero-order valence-electron chi connectivity index (χ0n) is 27.7. The Bertz CT molecular complexity index is 1540. The van der Waals surface area contributed by atoms with Gasteiger partial charge in [-0.15, -0.1) is 0 Å². The summed E-state index contributed by atoms with van der Waals surface area (Å²) in [6.07, 6.45) is 13.2. The Hall–Kier alpha value is -3.60. The summed E-state index contributed by atoms with van der Waals surface area (Å²) < 4.78 is 12.4. The first-order valence-electron chi connectivity index (χ1n) is 18.1. The summed E-state index contributed by atoms with van der Waals surface area (Å²) in [4.78, 5) is 0. The highest BCUT2D eigenvalue weighted by Crippen LogP contribution is 2.57. The van der Waals surface area contributed by atoms with Crippen LogP contribution in [0.2, 0.25) is 0 Å². The normalized spacial score (nSPS) is 19.7. The lowest BCUT2D eigenvalue weighted by Gasteiger charge is -2.36. The maximum absolute atomic E-state index is 9.65. The molecule has 3 aliphatic carbocycles. The molecule has 3 aliphatic rings. The predicted octanol–water partition coefficient (Wildman–Crippen LogP) is 9.39. The van der Waals surface area contributed by atoms with E-state index in [9.17, 15) is 10.2 Å². The highest BCUT2D eigenvalue weighted by molar-refractivity contribution is 5.63. The van der Waals surface area contributed by atoms with Crippen LogP contribution in [0.3, 0.4) is 0 Å². The Balaban J connectivity index is 1.45. The maximum atomic E-state index is 9.65. The maximum Gasteiger partial charge on any atom is 0.122 e. The molecule has 2 saturated carbocycles. The summed E-state index contributed by atoms with van der Waals surface area (Å²) in [5.74, 6) is 3.03. The Morgan fingerprint density at radius 2 is 1.06 bits per heavy atom. The summed E-state index contributed by atoms with van der Waals surface area (Å²) in [7, 11) is 0. The van der Waals surface area contributed by atoms with Gasteiger partial charge in [-0.25, -0.2) is 0 Å². The van der Waals surface area contributed by atoms with Crippen LogP contribution in [0.4, 0.5) is 0 Å². The lowest BCUT2D eigenvalue weighted by Crippen LogP contribution is -2.28. The zero-order valence-corrected chi connectivity index (χ0v) is 27.7. The van der Waals surface area contributed by atoms with E-state index in [1.165, 1.54) is 103 Å². The van der Waals surface area contributed by atoms with Gasteiger partial charge in [0.05, 0.1) is 13.2 Å². The van der Waals surface area contributed by atoms with Crippen LogP contribution in [0.25, 0.3) is 0 Å². The quantitative estimate of drug-likeness (QED) is 0.173. The molecule has 2 fully saturated rings. The van der Waals surface area contributed by atoms with Crippen LogP contribution in [0.15, 0.2) is 91.0 Å². The summed E-state index contributed by atoms with van der Waals surface area (Å²) in [5.41, 5.74) is 9.00. The number of fused-ring (bicyclic) bond motifs is 1. The van der Waals surface area contributed by atoms with E-state index in [0.717, 1.165) is 17.9 Å². The van der Waals surface area contributed by atoms with Crippen LogP contribution in [0.1, 0.15) is 127 Å². The van der Waals surface area contributed by atoms with Gasteiger partial charge >= 0.3 is 0 Å². The van der Waals surface area contributed by atoms with E-state index >= 15 is 0 Å². The molecular weight excluding hydrogens is 580 g/mol. The molecule has 0 aliphatic heterocycles. The Morgan fingerprint density at radius 1 is 0.553 bits per heavy atom. The van der Waals surface area contributed by atoms with Gasteiger partial charge < -0.3 is 19.7 Å². The average Bonchev–Trinajstić information content (AvgIpc) is 3.50. The molecule has 4 aromatic carbocycles. The summed E-state index contributed by atoms with van der Waals surface area (Å²) in [6.45, 7) is 0.638. The van der Waals surface area contributed by atoms with Crippen molar-refractivity contribution in [3.63, 3.8) is 0 Å². The topological polar surface area (TPSA) is 58.9 Å². The molecule has 0 amide bonds. The molecule has 0 heterocycles. The molecule has 1 atom stereocenters. The second kappa shape index (κ2) is 14.7. The molecule has 0 saturated heterocycles. The van der Waals surface area contributed by atoms with Crippen LogP contribution in [-0.4, -0.2) is 36.6 Å². The minimum Gasteiger partial charge on any atom is -0.491 e. The van der Waals surface area contributed by atoms with Crippen molar-refractivity contribution >= 4 is 0 Å². The molecule has 4 aromatic rings.